The third kappa shape index (κ3) is 3.52. The van der Waals surface area contributed by atoms with Gasteiger partial charge in [-0.05, 0) is 133 Å². The summed E-state index contributed by atoms with van der Waals surface area (Å²) in [5, 5.41) is 24.0. The smallest absolute Gasteiger partial charge is 0.0556 e. The van der Waals surface area contributed by atoms with Gasteiger partial charge in [0, 0.05) is 19.2 Å². The van der Waals surface area contributed by atoms with Crippen LogP contribution in [0.5, 0.6) is 0 Å². The maximum atomic E-state index is 10.8. The van der Waals surface area contributed by atoms with Crippen LogP contribution in [0.2, 0.25) is 0 Å². The van der Waals surface area contributed by atoms with E-state index in [1.54, 1.807) is 0 Å². The largest absolute Gasteiger partial charge is 0.396 e. The highest BCUT2D eigenvalue weighted by atomic mass is 16.3. The number of aliphatic hydroxyl groups excluding tert-OH is 2. The third-order valence-electron chi connectivity index (χ3n) is 14.6. The summed E-state index contributed by atoms with van der Waals surface area (Å²) in [7, 11) is 0. The van der Waals surface area contributed by atoms with E-state index in [4.69, 9.17) is 5.73 Å². The monoisotopic (exact) mass is 502 g/mol. The summed E-state index contributed by atoms with van der Waals surface area (Å²) in [6.45, 7) is 17.7. The number of rotatable bonds is 6. The predicted octanol–water partition coefficient (Wildman–Crippen LogP) is 5.61. The topological polar surface area (TPSA) is 78.5 Å². The molecule has 5 aliphatic rings. The van der Waals surface area contributed by atoms with Gasteiger partial charge in [-0.3, -0.25) is 0 Å². The zero-order valence-electron chi connectivity index (χ0n) is 24.4. The number of nitrogens with one attached hydrogen (secondary N) is 1. The molecular weight excluding hydrogens is 444 g/mol. The molecule has 0 aliphatic heterocycles. The summed E-state index contributed by atoms with van der Waals surface area (Å²) in [5.41, 5.74) is 7.81. The molecule has 5 N–H and O–H groups in total. The standard InChI is InChI=1S/C32H58N2O2/c1-21(19-33)22-9-14-32(20-36)16-15-30(5)23(27(22)32)7-8-25-29(4)12-11-26(34-17-18-35)28(2,3)24(29)10-13-31(25,30)6/h21-27,34-36H,7-20,33H2,1-6H3/t21?,22-,23+,24-,25+,26?,27+,29-,30+,31+,32+/m0/s1. The van der Waals surface area contributed by atoms with Gasteiger partial charge < -0.3 is 21.3 Å². The van der Waals surface area contributed by atoms with Crippen molar-refractivity contribution in [1.82, 2.24) is 5.32 Å². The Morgan fingerprint density at radius 3 is 2.25 bits per heavy atom. The van der Waals surface area contributed by atoms with Crippen LogP contribution in [-0.2, 0) is 0 Å². The summed E-state index contributed by atoms with van der Waals surface area (Å²) in [6, 6.07) is 0.510. The second kappa shape index (κ2) is 9.20. The molecule has 0 saturated heterocycles. The Balaban J connectivity index is 1.48. The van der Waals surface area contributed by atoms with E-state index in [0.29, 0.717) is 46.6 Å². The highest BCUT2D eigenvalue weighted by Crippen LogP contribution is 2.77. The molecule has 4 nitrogen and oxygen atoms in total. The van der Waals surface area contributed by atoms with E-state index < -0.39 is 0 Å². The van der Waals surface area contributed by atoms with Gasteiger partial charge in [-0.25, -0.2) is 0 Å². The van der Waals surface area contributed by atoms with Gasteiger partial charge in [-0.2, -0.15) is 0 Å². The van der Waals surface area contributed by atoms with Crippen LogP contribution in [0.4, 0.5) is 0 Å². The first-order valence-electron chi connectivity index (χ1n) is 15.6. The van der Waals surface area contributed by atoms with Crippen LogP contribution in [0.1, 0.15) is 106 Å². The van der Waals surface area contributed by atoms with E-state index >= 15 is 0 Å². The van der Waals surface area contributed by atoms with Gasteiger partial charge in [-0.15, -0.1) is 0 Å². The zero-order valence-corrected chi connectivity index (χ0v) is 24.4. The third-order valence-corrected chi connectivity index (χ3v) is 14.6. The fraction of sp³-hybridized carbons (Fsp3) is 1.00. The molecule has 0 bridgehead atoms. The lowest BCUT2D eigenvalue weighted by molar-refractivity contribution is -0.243. The molecule has 4 heteroatoms. The molecule has 2 unspecified atom stereocenters. The van der Waals surface area contributed by atoms with Gasteiger partial charge in [0.25, 0.3) is 0 Å². The molecule has 5 saturated carbocycles. The molecule has 5 fully saturated rings. The molecule has 0 heterocycles. The predicted molar refractivity (Wildman–Crippen MR) is 148 cm³/mol. The number of hydrogen-bond donors (Lipinski definition) is 4. The Morgan fingerprint density at radius 2 is 1.58 bits per heavy atom. The van der Waals surface area contributed by atoms with E-state index in [9.17, 15) is 10.2 Å². The summed E-state index contributed by atoms with van der Waals surface area (Å²) < 4.78 is 0. The van der Waals surface area contributed by atoms with Crippen molar-refractivity contribution in [2.45, 2.75) is 112 Å². The molecule has 0 spiro atoms. The maximum Gasteiger partial charge on any atom is 0.0556 e. The fourth-order valence-electron chi connectivity index (χ4n) is 12.5. The molecule has 0 aromatic heterocycles. The summed E-state index contributed by atoms with van der Waals surface area (Å²) in [5.74, 6) is 4.16. The van der Waals surface area contributed by atoms with Crippen LogP contribution >= 0.6 is 0 Å². The molecule has 0 aromatic carbocycles. The number of fused-ring (bicyclic) bond motifs is 7. The minimum absolute atomic E-state index is 0.154. The van der Waals surface area contributed by atoms with Crippen LogP contribution < -0.4 is 11.1 Å². The Labute approximate surface area is 222 Å². The normalized spacial score (nSPS) is 52.6. The number of aliphatic hydroxyl groups is 2. The summed E-state index contributed by atoms with van der Waals surface area (Å²) in [4.78, 5) is 0. The Bertz CT molecular complexity index is 816. The Morgan fingerprint density at radius 1 is 0.833 bits per heavy atom. The maximum absolute atomic E-state index is 10.8. The van der Waals surface area contributed by atoms with Crippen molar-refractivity contribution in [1.29, 1.82) is 0 Å². The van der Waals surface area contributed by atoms with E-state index in [1.807, 2.05) is 0 Å². The Kier molecular flexibility index (Phi) is 7.01. The van der Waals surface area contributed by atoms with Gasteiger partial charge in [0.05, 0.1) is 6.61 Å². The highest BCUT2D eigenvalue weighted by Gasteiger charge is 2.70. The summed E-state index contributed by atoms with van der Waals surface area (Å²) in [6.07, 6.45) is 13.0. The first-order chi connectivity index (χ1) is 16.9. The Hall–Kier alpha value is -0.160. The van der Waals surface area contributed by atoms with Crippen LogP contribution in [0, 0.1) is 62.6 Å². The minimum atomic E-state index is 0.154. The average molecular weight is 503 g/mol. The molecule has 5 aliphatic carbocycles. The van der Waals surface area contributed by atoms with Crippen molar-refractivity contribution >= 4 is 0 Å². The van der Waals surface area contributed by atoms with Crippen molar-refractivity contribution in [2.24, 2.45) is 68.3 Å². The van der Waals surface area contributed by atoms with Gasteiger partial charge in [-0.1, -0.05) is 41.5 Å². The van der Waals surface area contributed by atoms with Gasteiger partial charge in [0.15, 0.2) is 0 Å². The molecule has 208 valence electrons. The van der Waals surface area contributed by atoms with Gasteiger partial charge >= 0.3 is 0 Å². The molecular formula is C32H58N2O2. The lowest BCUT2D eigenvalue weighted by atomic mass is 9.32. The molecule has 0 aromatic rings. The van der Waals surface area contributed by atoms with Crippen LogP contribution in [0.25, 0.3) is 0 Å². The molecule has 5 rings (SSSR count). The second-order valence-electron chi connectivity index (χ2n) is 15.7. The van der Waals surface area contributed by atoms with Gasteiger partial charge in [0.2, 0.25) is 0 Å². The fourth-order valence-corrected chi connectivity index (χ4v) is 12.5. The molecule has 0 radical (unpaired) electrons. The van der Waals surface area contributed by atoms with E-state index in [1.165, 1.54) is 64.2 Å². The van der Waals surface area contributed by atoms with Crippen molar-refractivity contribution in [3.8, 4) is 0 Å². The van der Waals surface area contributed by atoms with Gasteiger partial charge in [0.1, 0.15) is 0 Å². The first kappa shape index (κ1) is 27.4. The molecule has 0 amide bonds. The van der Waals surface area contributed by atoms with Crippen LogP contribution in [-0.4, -0.2) is 42.6 Å². The quantitative estimate of drug-likeness (QED) is 0.381. The second-order valence-corrected chi connectivity index (χ2v) is 15.7. The molecule has 11 atom stereocenters. The van der Waals surface area contributed by atoms with Crippen LogP contribution in [0.15, 0.2) is 0 Å². The minimum Gasteiger partial charge on any atom is -0.396 e. The number of nitrogens with two attached hydrogens (primary N) is 1. The van der Waals surface area contributed by atoms with E-state index in [-0.39, 0.29) is 17.4 Å². The molecule has 36 heavy (non-hydrogen) atoms. The summed E-state index contributed by atoms with van der Waals surface area (Å²) >= 11 is 0. The van der Waals surface area contributed by atoms with Crippen molar-refractivity contribution < 1.29 is 10.2 Å². The van der Waals surface area contributed by atoms with Crippen molar-refractivity contribution in [3.05, 3.63) is 0 Å². The lowest BCUT2D eigenvalue weighted by Gasteiger charge is -2.73. The average Bonchev–Trinajstić information content (AvgIpc) is 3.23. The first-order valence-corrected chi connectivity index (χ1v) is 15.6. The van der Waals surface area contributed by atoms with E-state index in [2.05, 4.69) is 46.9 Å². The lowest BCUT2D eigenvalue weighted by Crippen LogP contribution is -2.67. The number of hydrogen-bond acceptors (Lipinski definition) is 4. The SMILES string of the molecule is CC(CN)[C@@H]1CC[C@]2(CO)CC[C@]3(C)[C@H](CC[C@@H]4[C@@]5(C)CCC(NCCO)C(C)(C)[C@@H]5CC[C@]43C)[C@@H]12. The zero-order chi connectivity index (χ0) is 26.1. The highest BCUT2D eigenvalue weighted by molar-refractivity contribution is 5.19. The van der Waals surface area contributed by atoms with Crippen molar-refractivity contribution in [2.75, 3.05) is 26.3 Å². The van der Waals surface area contributed by atoms with E-state index in [0.717, 1.165) is 30.8 Å². The van der Waals surface area contributed by atoms with Crippen molar-refractivity contribution in [3.63, 3.8) is 0 Å². The van der Waals surface area contributed by atoms with Crippen LogP contribution in [0.3, 0.4) is 0 Å².